The minimum absolute atomic E-state index is 0.0311. The van der Waals surface area contributed by atoms with E-state index in [0.29, 0.717) is 12.5 Å². The summed E-state index contributed by atoms with van der Waals surface area (Å²) in [5, 5.41) is 0. The van der Waals surface area contributed by atoms with E-state index in [9.17, 15) is 8.42 Å². The fraction of sp³-hybridized carbons (Fsp3) is 1.00. The van der Waals surface area contributed by atoms with Crippen molar-refractivity contribution in [3.05, 3.63) is 0 Å². The maximum Gasteiger partial charge on any atom is 0.150 e. The van der Waals surface area contributed by atoms with E-state index >= 15 is 0 Å². The van der Waals surface area contributed by atoms with E-state index in [1.807, 2.05) is 0 Å². The molecule has 0 aliphatic carbocycles. The van der Waals surface area contributed by atoms with Crippen LogP contribution in [0.5, 0.6) is 0 Å². The predicted molar refractivity (Wildman–Crippen MR) is 79.0 cm³/mol. The molecule has 20 heavy (non-hydrogen) atoms. The topological polar surface area (TPSA) is 84.7 Å². The van der Waals surface area contributed by atoms with Gasteiger partial charge in [0.05, 0.1) is 18.5 Å². The molecule has 2 aliphatic rings. The van der Waals surface area contributed by atoms with Crippen LogP contribution in [0.15, 0.2) is 0 Å². The number of nitrogens with zero attached hydrogens (tertiary/aromatic N) is 1. The van der Waals surface area contributed by atoms with Gasteiger partial charge in [0.25, 0.3) is 0 Å². The molecular formula is C13H27N3O3S. The van der Waals surface area contributed by atoms with Crippen LogP contribution < -0.4 is 11.3 Å². The van der Waals surface area contributed by atoms with Gasteiger partial charge in [0.1, 0.15) is 9.84 Å². The van der Waals surface area contributed by atoms with Crippen LogP contribution in [0.3, 0.4) is 0 Å². The molecule has 118 valence electrons. The van der Waals surface area contributed by atoms with Crippen LogP contribution in [0, 0.1) is 0 Å². The summed E-state index contributed by atoms with van der Waals surface area (Å²) in [6, 6.07) is 0.605. The molecule has 2 saturated heterocycles. The molecule has 2 heterocycles. The Morgan fingerprint density at radius 3 is 3.00 bits per heavy atom. The van der Waals surface area contributed by atoms with Crippen LogP contribution in [-0.2, 0) is 14.6 Å². The Balaban J connectivity index is 1.79. The molecule has 6 nitrogen and oxygen atoms in total. The van der Waals surface area contributed by atoms with Gasteiger partial charge in [-0.2, -0.15) is 0 Å². The van der Waals surface area contributed by atoms with Gasteiger partial charge in [-0.3, -0.25) is 16.2 Å². The second-order valence-electron chi connectivity index (χ2n) is 5.81. The molecule has 3 atom stereocenters. The zero-order chi connectivity index (χ0) is 14.6. The monoisotopic (exact) mass is 305 g/mol. The molecule has 0 radical (unpaired) electrons. The fourth-order valence-corrected chi connectivity index (χ4v) is 4.03. The molecule has 0 bridgehead atoms. The van der Waals surface area contributed by atoms with E-state index < -0.39 is 9.84 Å². The summed E-state index contributed by atoms with van der Waals surface area (Å²) < 4.78 is 28.9. The Bertz CT molecular complexity index is 402. The number of ether oxygens (including phenoxy) is 1. The molecule has 7 heteroatoms. The van der Waals surface area contributed by atoms with Crippen molar-refractivity contribution >= 4 is 9.84 Å². The van der Waals surface area contributed by atoms with Crippen LogP contribution >= 0.6 is 0 Å². The van der Waals surface area contributed by atoms with Crippen LogP contribution in [0.4, 0.5) is 0 Å². The first-order valence-electron chi connectivity index (χ1n) is 7.58. The molecule has 0 saturated carbocycles. The van der Waals surface area contributed by atoms with E-state index in [4.69, 9.17) is 10.6 Å². The van der Waals surface area contributed by atoms with Gasteiger partial charge in [-0.15, -0.1) is 0 Å². The van der Waals surface area contributed by atoms with E-state index in [-0.39, 0.29) is 23.7 Å². The Morgan fingerprint density at radius 2 is 2.30 bits per heavy atom. The maximum absolute atomic E-state index is 11.5. The normalized spacial score (nSPS) is 29.3. The number of sulfone groups is 1. The molecule has 0 aromatic heterocycles. The number of hydrogen-bond acceptors (Lipinski definition) is 6. The third kappa shape index (κ3) is 4.14. The standard InChI is InChI=1S/C13H27N3O3S/c1-2-20(17,18)8-4-6-12(15-14)13-9-16-7-3-5-11(16)10-19-13/h11-13,15H,2-10,14H2,1H3. The summed E-state index contributed by atoms with van der Waals surface area (Å²) in [6.45, 7) is 4.51. The SMILES string of the molecule is CCS(=O)(=O)CCCC(NN)C1CN2CCCC2CO1. The van der Waals surface area contributed by atoms with Gasteiger partial charge in [-0.05, 0) is 32.2 Å². The van der Waals surface area contributed by atoms with E-state index in [1.54, 1.807) is 6.92 Å². The third-order valence-electron chi connectivity index (χ3n) is 4.49. The molecule has 0 aromatic rings. The molecular weight excluding hydrogens is 278 g/mol. The van der Waals surface area contributed by atoms with E-state index in [0.717, 1.165) is 26.1 Å². The Morgan fingerprint density at radius 1 is 1.50 bits per heavy atom. The van der Waals surface area contributed by atoms with Crippen molar-refractivity contribution in [2.75, 3.05) is 31.2 Å². The van der Waals surface area contributed by atoms with Crippen LogP contribution in [0.25, 0.3) is 0 Å². The highest BCUT2D eigenvalue weighted by molar-refractivity contribution is 7.91. The molecule has 0 spiro atoms. The third-order valence-corrected chi connectivity index (χ3v) is 6.28. The highest BCUT2D eigenvalue weighted by Gasteiger charge is 2.35. The summed E-state index contributed by atoms with van der Waals surface area (Å²) in [7, 11) is -2.89. The Labute approximate surface area is 121 Å². The quantitative estimate of drug-likeness (QED) is 0.504. The number of rotatable bonds is 7. The fourth-order valence-electron chi connectivity index (χ4n) is 3.13. The second kappa shape index (κ2) is 7.17. The Kier molecular flexibility index (Phi) is 5.80. The summed E-state index contributed by atoms with van der Waals surface area (Å²) in [6.07, 6.45) is 3.91. The largest absolute Gasteiger partial charge is 0.374 e. The van der Waals surface area contributed by atoms with E-state index in [1.165, 1.54) is 12.8 Å². The Hall–Kier alpha value is -0.210. The average Bonchev–Trinajstić information content (AvgIpc) is 2.91. The van der Waals surface area contributed by atoms with Gasteiger partial charge >= 0.3 is 0 Å². The molecule has 3 N–H and O–H groups in total. The van der Waals surface area contributed by atoms with Gasteiger partial charge in [0.2, 0.25) is 0 Å². The van der Waals surface area contributed by atoms with Crippen molar-refractivity contribution in [1.82, 2.24) is 10.3 Å². The summed E-state index contributed by atoms with van der Waals surface area (Å²) >= 11 is 0. The maximum atomic E-state index is 11.5. The molecule has 0 aromatic carbocycles. The smallest absolute Gasteiger partial charge is 0.150 e. The lowest BCUT2D eigenvalue weighted by atomic mass is 10.0. The van der Waals surface area contributed by atoms with Gasteiger partial charge < -0.3 is 4.74 Å². The van der Waals surface area contributed by atoms with Gasteiger partial charge in [-0.1, -0.05) is 6.92 Å². The number of nitrogens with two attached hydrogens (primary N) is 1. The minimum atomic E-state index is -2.89. The summed E-state index contributed by atoms with van der Waals surface area (Å²) in [5.74, 6) is 6.07. The first-order valence-corrected chi connectivity index (χ1v) is 9.40. The lowest BCUT2D eigenvalue weighted by Gasteiger charge is -2.38. The van der Waals surface area contributed by atoms with Crippen molar-refractivity contribution in [2.45, 2.75) is 50.8 Å². The first kappa shape index (κ1) is 16.2. The zero-order valence-electron chi connectivity index (χ0n) is 12.3. The number of hydrogen-bond donors (Lipinski definition) is 2. The lowest BCUT2D eigenvalue weighted by Crippen LogP contribution is -2.55. The summed E-state index contributed by atoms with van der Waals surface area (Å²) in [5.41, 5.74) is 2.81. The minimum Gasteiger partial charge on any atom is -0.374 e. The van der Waals surface area contributed by atoms with Crippen molar-refractivity contribution in [3.8, 4) is 0 Å². The molecule has 2 rings (SSSR count). The van der Waals surface area contributed by atoms with Crippen molar-refractivity contribution in [1.29, 1.82) is 0 Å². The van der Waals surface area contributed by atoms with Crippen molar-refractivity contribution in [2.24, 2.45) is 5.84 Å². The van der Waals surface area contributed by atoms with Crippen LogP contribution in [0.2, 0.25) is 0 Å². The zero-order valence-corrected chi connectivity index (χ0v) is 13.1. The number of morpholine rings is 1. The van der Waals surface area contributed by atoms with Gasteiger partial charge in [0.15, 0.2) is 0 Å². The number of nitrogens with one attached hydrogen (secondary N) is 1. The predicted octanol–water partition coefficient (Wildman–Crippen LogP) is -0.104. The number of hydrazine groups is 1. The van der Waals surface area contributed by atoms with Crippen molar-refractivity contribution in [3.63, 3.8) is 0 Å². The second-order valence-corrected chi connectivity index (χ2v) is 8.29. The van der Waals surface area contributed by atoms with Crippen LogP contribution in [0.1, 0.15) is 32.6 Å². The van der Waals surface area contributed by atoms with Crippen LogP contribution in [-0.4, -0.2) is 62.7 Å². The van der Waals surface area contributed by atoms with E-state index in [2.05, 4.69) is 10.3 Å². The van der Waals surface area contributed by atoms with Gasteiger partial charge in [-0.25, -0.2) is 8.42 Å². The highest BCUT2D eigenvalue weighted by atomic mass is 32.2. The molecule has 2 fully saturated rings. The molecule has 0 amide bonds. The average molecular weight is 305 g/mol. The lowest BCUT2D eigenvalue weighted by molar-refractivity contribution is -0.0657. The number of fused-ring (bicyclic) bond motifs is 1. The van der Waals surface area contributed by atoms with Gasteiger partial charge in [0, 0.05) is 24.4 Å². The highest BCUT2D eigenvalue weighted by Crippen LogP contribution is 2.24. The first-order chi connectivity index (χ1) is 9.55. The van der Waals surface area contributed by atoms with Crippen molar-refractivity contribution < 1.29 is 13.2 Å². The molecule has 2 aliphatic heterocycles. The summed E-state index contributed by atoms with van der Waals surface area (Å²) in [4.78, 5) is 2.47. The molecule has 3 unspecified atom stereocenters.